The Morgan fingerprint density at radius 1 is 1.55 bits per heavy atom. The number of rotatable bonds is 5. The Hall–Kier alpha value is -2.71. The first-order chi connectivity index (χ1) is 9.51. The van der Waals surface area contributed by atoms with Gasteiger partial charge in [-0.15, -0.1) is 0 Å². The summed E-state index contributed by atoms with van der Waals surface area (Å²) in [5, 5.41) is 17.1. The zero-order valence-electron chi connectivity index (χ0n) is 10.7. The molecule has 0 aliphatic carbocycles. The molecule has 0 saturated heterocycles. The number of methoxy groups -OCH3 is 1. The van der Waals surface area contributed by atoms with Gasteiger partial charge < -0.3 is 14.6 Å². The summed E-state index contributed by atoms with van der Waals surface area (Å²) in [4.78, 5) is 14.0. The molecule has 9 heteroatoms. The van der Waals surface area contributed by atoms with Crippen molar-refractivity contribution in [3.8, 4) is 5.75 Å². The first-order valence-electron chi connectivity index (χ1n) is 5.56. The average Bonchev–Trinajstić information content (AvgIpc) is 2.82. The van der Waals surface area contributed by atoms with Crippen LogP contribution in [0.4, 0.5) is 15.8 Å². The summed E-state index contributed by atoms with van der Waals surface area (Å²) >= 11 is 0. The Balaban J connectivity index is 2.21. The third kappa shape index (κ3) is 2.82. The van der Waals surface area contributed by atoms with Crippen LogP contribution in [0.25, 0.3) is 0 Å². The maximum absolute atomic E-state index is 13.7. The van der Waals surface area contributed by atoms with E-state index < -0.39 is 16.4 Å². The van der Waals surface area contributed by atoms with Gasteiger partial charge in [0.1, 0.15) is 0 Å². The molecular formula is C11H11FN4O4. The van der Waals surface area contributed by atoms with Crippen molar-refractivity contribution in [2.75, 3.05) is 12.4 Å². The summed E-state index contributed by atoms with van der Waals surface area (Å²) in [6, 6.07) is 2.00. The van der Waals surface area contributed by atoms with Crippen molar-refractivity contribution in [3.63, 3.8) is 0 Å². The zero-order valence-corrected chi connectivity index (χ0v) is 10.7. The molecule has 0 spiro atoms. The molecule has 0 unspecified atom stereocenters. The molecule has 1 heterocycles. The van der Waals surface area contributed by atoms with Crippen molar-refractivity contribution in [1.82, 2.24) is 10.1 Å². The SMILES string of the molecule is COc1cc(NCc2noc(C)n2)c(F)cc1[N+](=O)[O-]. The predicted octanol–water partition coefficient (Wildman–Crippen LogP) is 2.05. The molecule has 0 radical (unpaired) electrons. The molecule has 0 amide bonds. The first-order valence-corrected chi connectivity index (χ1v) is 5.56. The van der Waals surface area contributed by atoms with Crippen LogP contribution in [-0.2, 0) is 6.54 Å². The van der Waals surface area contributed by atoms with Gasteiger partial charge in [-0.25, -0.2) is 4.39 Å². The number of aromatic nitrogens is 2. The smallest absolute Gasteiger partial charge is 0.313 e. The van der Waals surface area contributed by atoms with E-state index in [4.69, 9.17) is 9.26 Å². The summed E-state index contributed by atoms with van der Waals surface area (Å²) in [5.74, 6) is -0.0660. The highest BCUT2D eigenvalue weighted by atomic mass is 19.1. The molecule has 0 aliphatic rings. The van der Waals surface area contributed by atoms with E-state index in [9.17, 15) is 14.5 Å². The minimum absolute atomic E-state index is 0.0387. The van der Waals surface area contributed by atoms with E-state index in [1.165, 1.54) is 13.2 Å². The van der Waals surface area contributed by atoms with E-state index in [1.807, 2.05) is 0 Å². The Bertz CT molecular complexity index is 643. The van der Waals surface area contributed by atoms with Gasteiger partial charge in [-0.1, -0.05) is 5.16 Å². The number of ether oxygens (including phenoxy) is 1. The Morgan fingerprint density at radius 2 is 2.30 bits per heavy atom. The highest BCUT2D eigenvalue weighted by Crippen LogP contribution is 2.32. The molecule has 0 aliphatic heterocycles. The van der Waals surface area contributed by atoms with E-state index in [1.54, 1.807) is 6.92 Å². The van der Waals surface area contributed by atoms with Crippen LogP contribution in [0.5, 0.6) is 5.75 Å². The lowest BCUT2D eigenvalue weighted by Gasteiger charge is -2.08. The van der Waals surface area contributed by atoms with Gasteiger partial charge in [0, 0.05) is 13.0 Å². The monoisotopic (exact) mass is 282 g/mol. The van der Waals surface area contributed by atoms with Gasteiger partial charge in [-0.05, 0) is 0 Å². The fraction of sp³-hybridized carbons (Fsp3) is 0.273. The molecule has 0 atom stereocenters. The number of halogens is 1. The second-order valence-electron chi connectivity index (χ2n) is 3.84. The predicted molar refractivity (Wildman–Crippen MR) is 66.0 cm³/mol. The topological polar surface area (TPSA) is 103 Å². The number of nitro groups is 1. The number of aryl methyl sites for hydroxylation is 1. The second-order valence-corrected chi connectivity index (χ2v) is 3.84. The minimum atomic E-state index is -0.766. The van der Waals surface area contributed by atoms with Crippen LogP contribution in [0.1, 0.15) is 11.7 Å². The molecule has 1 aromatic carbocycles. The molecule has 0 fully saturated rings. The fourth-order valence-corrected chi connectivity index (χ4v) is 1.57. The number of benzene rings is 1. The molecule has 0 saturated carbocycles. The van der Waals surface area contributed by atoms with Crippen molar-refractivity contribution >= 4 is 11.4 Å². The summed E-state index contributed by atoms with van der Waals surface area (Å²) in [6.07, 6.45) is 0. The van der Waals surface area contributed by atoms with Crippen LogP contribution in [0.15, 0.2) is 16.7 Å². The zero-order chi connectivity index (χ0) is 14.7. The molecule has 2 rings (SSSR count). The summed E-state index contributed by atoms with van der Waals surface area (Å²) in [5.41, 5.74) is -0.388. The normalized spacial score (nSPS) is 10.3. The van der Waals surface area contributed by atoms with Gasteiger partial charge in [-0.2, -0.15) is 4.98 Å². The lowest BCUT2D eigenvalue weighted by molar-refractivity contribution is -0.385. The summed E-state index contributed by atoms with van der Waals surface area (Å²) < 4.78 is 23.4. The average molecular weight is 282 g/mol. The number of hydrogen-bond donors (Lipinski definition) is 1. The van der Waals surface area contributed by atoms with Crippen LogP contribution in [0, 0.1) is 22.9 Å². The number of nitrogens with one attached hydrogen (secondary N) is 1. The number of nitrogens with zero attached hydrogens (tertiary/aromatic N) is 3. The Labute approximate surface area is 112 Å². The largest absolute Gasteiger partial charge is 0.490 e. The van der Waals surface area contributed by atoms with Gasteiger partial charge in [-0.3, -0.25) is 10.1 Å². The third-order valence-corrected chi connectivity index (χ3v) is 2.47. The minimum Gasteiger partial charge on any atom is -0.490 e. The molecule has 2 aromatic rings. The van der Waals surface area contributed by atoms with Crippen molar-refractivity contribution < 1.29 is 18.6 Å². The van der Waals surface area contributed by atoms with Gasteiger partial charge >= 0.3 is 5.69 Å². The maximum Gasteiger partial charge on any atom is 0.313 e. The van der Waals surface area contributed by atoms with E-state index in [0.717, 1.165) is 6.07 Å². The summed E-state index contributed by atoms with van der Waals surface area (Å²) in [6.45, 7) is 1.75. The van der Waals surface area contributed by atoms with Gasteiger partial charge in [0.2, 0.25) is 5.89 Å². The van der Waals surface area contributed by atoms with Crippen LogP contribution in [0.2, 0.25) is 0 Å². The van der Waals surface area contributed by atoms with Crippen molar-refractivity contribution in [1.29, 1.82) is 0 Å². The second kappa shape index (κ2) is 5.51. The van der Waals surface area contributed by atoms with Crippen LogP contribution in [-0.4, -0.2) is 22.2 Å². The maximum atomic E-state index is 13.7. The first kappa shape index (κ1) is 13.7. The van der Waals surface area contributed by atoms with Crippen molar-refractivity contribution in [2.24, 2.45) is 0 Å². The van der Waals surface area contributed by atoms with Crippen LogP contribution < -0.4 is 10.1 Å². The molecule has 20 heavy (non-hydrogen) atoms. The van der Waals surface area contributed by atoms with Crippen molar-refractivity contribution in [2.45, 2.75) is 13.5 Å². The third-order valence-electron chi connectivity index (χ3n) is 2.47. The van der Waals surface area contributed by atoms with Gasteiger partial charge in [0.15, 0.2) is 17.4 Å². The number of anilines is 1. The number of hydrogen-bond acceptors (Lipinski definition) is 7. The van der Waals surface area contributed by atoms with Crippen LogP contribution >= 0.6 is 0 Å². The van der Waals surface area contributed by atoms with Gasteiger partial charge in [0.05, 0.1) is 30.3 Å². The standard InChI is InChI=1S/C11H11FN4O4/c1-6-14-11(15-20-6)5-13-8-4-10(19-2)9(16(17)18)3-7(8)12/h3-4,13H,5H2,1-2H3. The lowest BCUT2D eigenvalue weighted by Crippen LogP contribution is -2.04. The van der Waals surface area contributed by atoms with E-state index >= 15 is 0 Å². The molecule has 8 nitrogen and oxygen atoms in total. The molecule has 1 N–H and O–H groups in total. The quantitative estimate of drug-likeness (QED) is 0.661. The highest BCUT2D eigenvalue weighted by Gasteiger charge is 2.19. The Morgan fingerprint density at radius 3 is 2.85 bits per heavy atom. The lowest BCUT2D eigenvalue weighted by atomic mass is 10.2. The molecule has 0 bridgehead atoms. The summed E-state index contributed by atoms with van der Waals surface area (Å²) in [7, 11) is 1.27. The van der Waals surface area contributed by atoms with Gasteiger partial charge in [0.25, 0.3) is 0 Å². The molecule has 106 valence electrons. The van der Waals surface area contributed by atoms with Crippen molar-refractivity contribution in [3.05, 3.63) is 39.8 Å². The molecule has 1 aromatic heterocycles. The fourth-order valence-electron chi connectivity index (χ4n) is 1.57. The van der Waals surface area contributed by atoms with E-state index in [-0.39, 0.29) is 18.0 Å². The van der Waals surface area contributed by atoms with E-state index in [2.05, 4.69) is 15.5 Å². The molecular weight excluding hydrogens is 271 g/mol. The highest BCUT2D eigenvalue weighted by molar-refractivity contribution is 5.59. The van der Waals surface area contributed by atoms with Crippen LogP contribution in [0.3, 0.4) is 0 Å². The number of nitro benzene ring substituents is 1. The Kier molecular flexibility index (Phi) is 3.78. The van der Waals surface area contributed by atoms with E-state index in [0.29, 0.717) is 11.7 Å².